The molecular formula is C14H20ClFN2. The predicted octanol–water partition coefficient (Wildman–Crippen LogP) is 3.02. The lowest BCUT2D eigenvalue weighted by Crippen LogP contribution is -2.26. The van der Waals surface area contributed by atoms with Crippen LogP contribution in [0.5, 0.6) is 0 Å². The minimum absolute atomic E-state index is 0.186. The molecule has 1 aliphatic rings. The Morgan fingerprint density at radius 1 is 1.50 bits per heavy atom. The zero-order valence-electron chi connectivity index (χ0n) is 10.7. The Morgan fingerprint density at radius 3 is 3.06 bits per heavy atom. The van der Waals surface area contributed by atoms with E-state index < -0.39 is 0 Å². The van der Waals surface area contributed by atoms with Gasteiger partial charge in [0.2, 0.25) is 0 Å². The van der Waals surface area contributed by atoms with Crippen LogP contribution in [0.3, 0.4) is 0 Å². The highest BCUT2D eigenvalue weighted by Crippen LogP contribution is 2.20. The molecule has 2 rings (SSSR count). The molecule has 0 amide bonds. The van der Waals surface area contributed by atoms with Crippen LogP contribution in [0.25, 0.3) is 0 Å². The van der Waals surface area contributed by atoms with Gasteiger partial charge in [-0.05, 0) is 62.5 Å². The van der Waals surface area contributed by atoms with E-state index in [0.717, 1.165) is 25.1 Å². The molecule has 0 bridgehead atoms. The number of hydrogen-bond donors (Lipinski definition) is 2. The Hall–Kier alpha value is -0.640. The first-order valence-electron chi connectivity index (χ1n) is 6.55. The lowest BCUT2D eigenvalue weighted by atomic mass is 10.1. The molecule has 1 saturated heterocycles. The van der Waals surface area contributed by atoms with E-state index in [-0.39, 0.29) is 5.82 Å². The van der Waals surface area contributed by atoms with Crippen molar-refractivity contribution < 1.29 is 4.39 Å². The van der Waals surface area contributed by atoms with Crippen molar-refractivity contribution in [2.75, 3.05) is 13.1 Å². The zero-order chi connectivity index (χ0) is 13.0. The van der Waals surface area contributed by atoms with Gasteiger partial charge in [-0.3, -0.25) is 0 Å². The van der Waals surface area contributed by atoms with Crippen LogP contribution in [0.2, 0.25) is 5.02 Å². The molecule has 0 aliphatic carbocycles. The summed E-state index contributed by atoms with van der Waals surface area (Å²) in [5.74, 6) is -0.186. The monoisotopic (exact) mass is 270 g/mol. The molecule has 0 spiro atoms. The molecule has 2 N–H and O–H groups in total. The van der Waals surface area contributed by atoms with Gasteiger partial charge in [0.25, 0.3) is 0 Å². The fourth-order valence-electron chi connectivity index (χ4n) is 2.33. The Balaban J connectivity index is 1.77. The molecule has 1 aliphatic heterocycles. The largest absolute Gasteiger partial charge is 0.314 e. The van der Waals surface area contributed by atoms with Gasteiger partial charge in [-0.25, -0.2) is 4.39 Å². The first kappa shape index (κ1) is 13.8. The molecule has 1 fully saturated rings. The van der Waals surface area contributed by atoms with E-state index >= 15 is 0 Å². The van der Waals surface area contributed by atoms with Gasteiger partial charge < -0.3 is 10.6 Å². The Morgan fingerprint density at radius 2 is 2.33 bits per heavy atom. The first-order valence-corrected chi connectivity index (χ1v) is 6.93. The summed E-state index contributed by atoms with van der Waals surface area (Å²) < 4.78 is 13.4. The number of benzene rings is 1. The number of rotatable bonds is 5. The molecule has 4 heteroatoms. The van der Waals surface area contributed by atoms with Crippen LogP contribution in [0, 0.1) is 12.7 Å². The van der Waals surface area contributed by atoms with Crippen LogP contribution in [0.4, 0.5) is 4.39 Å². The van der Waals surface area contributed by atoms with E-state index in [9.17, 15) is 4.39 Å². The number of nitrogens with one attached hydrogen (secondary N) is 2. The Kier molecular flexibility index (Phi) is 4.98. The summed E-state index contributed by atoms with van der Waals surface area (Å²) in [4.78, 5) is 0. The van der Waals surface area contributed by atoms with Crippen LogP contribution < -0.4 is 10.6 Å². The van der Waals surface area contributed by atoms with Gasteiger partial charge in [0.05, 0.1) is 0 Å². The van der Waals surface area contributed by atoms with Gasteiger partial charge in [0.15, 0.2) is 0 Å². The summed E-state index contributed by atoms with van der Waals surface area (Å²) in [5, 5.41) is 7.42. The van der Waals surface area contributed by atoms with Crippen LogP contribution in [-0.4, -0.2) is 19.1 Å². The Bertz CT molecular complexity index is 403. The van der Waals surface area contributed by atoms with Crippen molar-refractivity contribution in [1.82, 2.24) is 10.6 Å². The highest BCUT2D eigenvalue weighted by Gasteiger charge is 2.13. The molecule has 1 aromatic rings. The van der Waals surface area contributed by atoms with Crippen LogP contribution >= 0.6 is 11.6 Å². The van der Waals surface area contributed by atoms with Crippen molar-refractivity contribution in [2.45, 2.75) is 38.8 Å². The van der Waals surface area contributed by atoms with Crippen molar-refractivity contribution in [3.05, 3.63) is 34.1 Å². The summed E-state index contributed by atoms with van der Waals surface area (Å²) in [6.07, 6.45) is 3.66. The predicted molar refractivity (Wildman–Crippen MR) is 73.5 cm³/mol. The normalized spacial score (nSPS) is 19.4. The maximum absolute atomic E-state index is 13.4. The van der Waals surface area contributed by atoms with Crippen molar-refractivity contribution in [3.63, 3.8) is 0 Å². The van der Waals surface area contributed by atoms with Gasteiger partial charge in [0, 0.05) is 17.6 Å². The van der Waals surface area contributed by atoms with E-state index in [0.29, 0.717) is 23.2 Å². The lowest BCUT2D eigenvalue weighted by Gasteiger charge is -2.12. The third kappa shape index (κ3) is 3.67. The van der Waals surface area contributed by atoms with Gasteiger partial charge in [-0.15, -0.1) is 0 Å². The quantitative estimate of drug-likeness (QED) is 0.804. The smallest absolute Gasteiger partial charge is 0.126 e. The number of halogens is 2. The molecule has 18 heavy (non-hydrogen) atoms. The van der Waals surface area contributed by atoms with Crippen molar-refractivity contribution in [2.24, 2.45) is 0 Å². The summed E-state index contributed by atoms with van der Waals surface area (Å²) in [7, 11) is 0. The van der Waals surface area contributed by atoms with E-state index in [1.165, 1.54) is 18.9 Å². The van der Waals surface area contributed by atoms with Gasteiger partial charge in [0.1, 0.15) is 5.82 Å². The molecule has 1 heterocycles. The molecular weight excluding hydrogens is 251 g/mol. The zero-order valence-corrected chi connectivity index (χ0v) is 11.5. The van der Waals surface area contributed by atoms with Crippen LogP contribution in [-0.2, 0) is 6.54 Å². The van der Waals surface area contributed by atoms with E-state index in [1.807, 2.05) is 0 Å². The van der Waals surface area contributed by atoms with E-state index in [2.05, 4.69) is 10.6 Å². The highest BCUT2D eigenvalue weighted by molar-refractivity contribution is 6.31. The van der Waals surface area contributed by atoms with E-state index in [4.69, 9.17) is 11.6 Å². The van der Waals surface area contributed by atoms with Crippen molar-refractivity contribution >= 4 is 11.6 Å². The molecule has 0 radical (unpaired) electrons. The summed E-state index contributed by atoms with van der Waals surface area (Å²) in [6.45, 7) is 4.43. The maximum atomic E-state index is 13.4. The van der Waals surface area contributed by atoms with Gasteiger partial charge in [-0.1, -0.05) is 11.6 Å². The second-order valence-electron chi connectivity index (χ2n) is 4.95. The van der Waals surface area contributed by atoms with Crippen molar-refractivity contribution in [1.29, 1.82) is 0 Å². The van der Waals surface area contributed by atoms with Crippen LogP contribution in [0.1, 0.15) is 30.4 Å². The SMILES string of the molecule is Cc1cc(Cl)c(CNCCC2CCCN2)cc1F. The second-order valence-corrected chi connectivity index (χ2v) is 5.36. The third-order valence-corrected chi connectivity index (χ3v) is 3.83. The standard InChI is InChI=1S/C14H20ClFN2/c1-10-7-13(15)11(8-14(10)16)9-17-6-4-12-3-2-5-18-12/h7-8,12,17-18H,2-6,9H2,1H3. The second kappa shape index (κ2) is 6.50. The minimum atomic E-state index is -0.186. The molecule has 1 atom stereocenters. The minimum Gasteiger partial charge on any atom is -0.314 e. The maximum Gasteiger partial charge on any atom is 0.126 e. The summed E-state index contributed by atoms with van der Waals surface area (Å²) in [6, 6.07) is 3.85. The van der Waals surface area contributed by atoms with Gasteiger partial charge in [-0.2, -0.15) is 0 Å². The fraction of sp³-hybridized carbons (Fsp3) is 0.571. The molecule has 1 aromatic carbocycles. The number of aryl methyl sites for hydroxylation is 1. The van der Waals surface area contributed by atoms with E-state index in [1.54, 1.807) is 13.0 Å². The lowest BCUT2D eigenvalue weighted by molar-refractivity contribution is 0.522. The van der Waals surface area contributed by atoms with Gasteiger partial charge >= 0.3 is 0 Å². The molecule has 100 valence electrons. The Labute approximate surface area is 113 Å². The molecule has 1 unspecified atom stereocenters. The molecule has 0 aromatic heterocycles. The average molecular weight is 271 g/mol. The summed E-state index contributed by atoms with van der Waals surface area (Å²) >= 11 is 6.09. The number of hydrogen-bond acceptors (Lipinski definition) is 2. The highest BCUT2D eigenvalue weighted by atomic mass is 35.5. The molecule has 2 nitrogen and oxygen atoms in total. The third-order valence-electron chi connectivity index (χ3n) is 3.48. The van der Waals surface area contributed by atoms with Crippen molar-refractivity contribution in [3.8, 4) is 0 Å². The average Bonchev–Trinajstić information content (AvgIpc) is 2.84. The topological polar surface area (TPSA) is 24.1 Å². The fourth-order valence-corrected chi connectivity index (χ4v) is 2.61. The molecule has 0 saturated carbocycles. The van der Waals surface area contributed by atoms with Crippen LogP contribution in [0.15, 0.2) is 12.1 Å². The first-order chi connectivity index (χ1) is 8.66. The summed E-state index contributed by atoms with van der Waals surface area (Å²) in [5.41, 5.74) is 1.43.